The third-order valence-corrected chi connectivity index (χ3v) is 4.20. The van der Waals surface area contributed by atoms with Crippen LogP contribution in [0.3, 0.4) is 0 Å². The summed E-state index contributed by atoms with van der Waals surface area (Å²) in [5.74, 6) is -0.0243. The first kappa shape index (κ1) is 15.7. The lowest BCUT2D eigenvalue weighted by atomic mass is 10.0. The molecule has 1 N–H and O–H groups in total. The van der Waals surface area contributed by atoms with Gasteiger partial charge in [-0.25, -0.2) is 0 Å². The van der Waals surface area contributed by atoms with Gasteiger partial charge in [-0.2, -0.15) is 8.78 Å². The van der Waals surface area contributed by atoms with Crippen molar-refractivity contribution in [1.82, 2.24) is 14.8 Å². The van der Waals surface area contributed by atoms with Crippen molar-refractivity contribution in [2.24, 2.45) is 0 Å². The second-order valence-electron chi connectivity index (χ2n) is 5.64. The number of carbonyl (C=O) groups excluding carboxylic acids is 1. The Morgan fingerprint density at radius 3 is 2.78 bits per heavy atom. The van der Waals surface area contributed by atoms with Crippen molar-refractivity contribution in [2.45, 2.75) is 32.0 Å². The molecule has 1 aliphatic rings. The van der Waals surface area contributed by atoms with Gasteiger partial charge in [-0.3, -0.25) is 9.36 Å². The quantitative estimate of drug-likeness (QED) is 0.920. The molecule has 0 spiro atoms. The summed E-state index contributed by atoms with van der Waals surface area (Å²) < 4.78 is 31.5. The van der Waals surface area contributed by atoms with E-state index in [4.69, 9.17) is 4.42 Å². The zero-order valence-electron chi connectivity index (χ0n) is 12.6. The summed E-state index contributed by atoms with van der Waals surface area (Å²) in [5.41, 5.74) is 1.13. The Labute approximate surface area is 132 Å². The van der Waals surface area contributed by atoms with Crippen LogP contribution in [0.25, 0.3) is 0 Å². The zero-order valence-corrected chi connectivity index (χ0v) is 12.6. The van der Waals surface area contributed by atoms with Crippen LogP contribution in [0.2, 0.25) is 0 Å². The molecule has 0 atom stereocenters. The summed E-state index contributed by atoms with van der Waals surface area (Å²) in [5, 5.41) is 3.30. The van der Waals surface area contributed by atoms with Crippen LogP contribution in [0.1, 0.15) is 35.4 Å². The van der Waals surface area contributed by atoms with E-state index in [0.717, 1.165) is 17.4 Å². The summed E-state index contributed by atoms with van der Waals surface area (Å²) in [6, 6.07) is 5.20. The van der Waals surface area contributed by atoms with Crippen LogP contribution in [0, 0.1) is 0 Å². The minimum Gasteiger partial charge on any atom is -0.472 e. The number of furan rings is 1. The van der Waals surface area contributed by atoms with E-state index in [9.17, 15) is 13.6 Å². The van der Waals surface area contributed by atoms with Crippen molar-refractivity contribution in [3.05, 3.63) is 48.2 Å². The van der Waals surface area contributed by atoms with Gasteiger partial charge in [0.1, 0.15) is 6.26 Å². The Kier molecular flexibility index (Phi) is 4.76. The van der Waals surface area contributed by atoms with E-state index in [1.165, 1.54) is 18.7 Å². The first-order valence-corrected chi connectivity index (χ1v) is 7.64. The first-order chi connectivity index (χ1) is 11.1. The normalized spacial score (nSPS) is 16.2. The smallest absolute Gasteiger partial charge is 0.318 e. The minimum atomic E-state index is -2.52. The molecule has 0 aromatic carbocycles. The molecule has 23 heavy (non-hydrogen) atoms. The van der Waals surface area contributed by atoms with Crippen molar-refractivity contribution in [2.75, 3.05) is 13.1 Å². The predicted molar refractivity (Wildman–Crippen MR) is 80.2 cm³/mol. The molecule has 124 valence electrons. The SMILES string of the molecule is O=C(c1ccoc1)N1CCC(NCc2cccn2C(F)F)CC1. The number of nitrogens with one attached hydrogen (secondary N) is 1. The molecule has 0 bridgehead atoms. The Hall–Kier alpha value is -2.15. The summed E-state index contributed by atoms with van der Waals surface area (Å²) in [4.78, 5) is 14.0. The summed E-state index contributed by atoms with van der Waals surface area (Å²) >= 11 is 0. The van der Waals surface area contributed by atoms with Crippen molar-refractivity contribution in [3.8, 4) is 0 Å². The highest BCUT2D eigenvalue weighted by atomic mass is 19.3. The average molecular weight is 323 g/mol. The lowest BCUT2D eigenvalue weighted by molar-refractivity contribution is 0.0657. The fraction of sp³-hybridized carbons (Fsp3) is 0.438. The van der Waals surface area contributed by atoms with Gasteiger partial charge in [0.25, 0.3) is 5.91 Å². The number of amides is 1. The number of alkyl halides is 2. The number of hydrogen-bond acceptors (Lipinski definition) is 3. The third-order valence-electron chi connectivity index (χ3n) is 4.20. The number of halogens is 2. The fourth-order valence-corrected chi connectivity index (χ4v) is 2.87. The molecule has 0 aliphatic carbocycles. The van der Waals surface area contributed by atoms with Gasteiger partial charge in [-0.15, -0.1) is 0 Å². The molecule has 1 aliphatic heterocycles. The second-order valence-corrected chi connectivity index (χ2v) is 5.64. The summed E-state index contributed by atoms with van der Waals surface area (Å²) in [7, 11) is 0. The molecule has 0 unspecified atom stereocenters. The van der Waals surface area contributed by atoms with E-state index in [0.29, 0.717) is 30.9 Å². The number of likely N-dealkylation sites (tertiary alicyclic amines) is 1. The molecular formula is C16H19F2N3O2. The van der Waals surface area contributed by atoms with Crippen LogP contribution in [0.15, 0.2) is 41.3 Å². The Morgan fingerprint density at radius 2 is 2.13 bits per heavy atom. The lowest BCUT2D eigenvalue weighted by Crippen LogP contribution is -2.44. The number of nitrogens with zero attached hydrogens (tertiary/aromatic N) is 2. The Balaban J connectivity index is 1.48. The van der Waals surface area contributed by atoms with Crippen LogP contribution in [0.5, 0.6) is 0 Å². The third kappa shape index (κ3) is 3.61. The van der Waals surface area contributed by atoms with Crippen LogP contribution >= 0.6 is 0 Å². The molecule has 3 rings (SSSR count). The van der Waals surface area contributed by atoms with E-state index < -0.39 is 6.55 Å². The van der Waals surface area contributed by atoms with Crippen LogP contribution in [-0.4, -0.2) is 34.5 Å². The van der Waals surface area contributed by atoms with Gasteiger partial charge < -0.3 is 14.6 Å². The minimum absolute atomic E-state index is 0.0243. The number of rotatable bonds is 5. The molecule has 2 aromatic rings. The maximum atomic E-state index is 12.8. The largest absolute Gasteiger partial charge is 0.472 e. The van der Waals surface area contributed by atoms with Gasteiger partial charge in [-0.05, 0) is 31.0 Å². The maximum Gasteiger partial charge on any atom is 0.318 e. The lowest BCUT2D eigenvalue weighted by Gasteiger charge is -2.32. The Bertz CT molecular complexity index is 632. The van der Waals surface area contributed by atoms with Gasteiger partial charge in [0.05, 0.1) is 11.8 Å². The van der Waals surface area contributed by atoms with Gasteiger partial charge in [-0.1, -0.05) is 0 Å². The highest BCUT2D eigenvalue weighted by molar-refractivity contribution is 5.93. The molecule has 1 amide bonds. The van der Waals surface area contributed by atoms with Gasteiger partial charge in [0.2, 0.25) is 0 Å². The molecule has 1 saturated heterocycles. The van der Waals surface area contributed by atoms with Crippen LogP contribution in [-0.2, 0) is 6.54 Å². The van der Waals surface area contributed by atoms with Crippen molar-refractivity contribution in [3.63, 3.8) is 0 Å². The molecule has 0 radical (unpaired) electrons. The molecule has 1 fully saturated rings. The number of carbonyl (C=O) groups is 1. The zero-order chi connectivity index (χ0) is 16.2. The van der Waals surface area contributed by atoms with E-state index in [-0.39, 0.29) is 11.9 Å². The highest BCUT2D eigenvalue weighted by Crippen LogP contribution is 2.17. The topological polar surface area (TPSA) is 50.4 Å². The number of hydrogen-bond donors (Lipinski definition) is 1. The van der Waals surface area contributed by atoms with Gasteiger partial charge in [0, 0.05) is 37.6 Å². The molecular weight excluding hydrogens is 304 g/mol. The molecule has 3 heterocycles. The molecule has 0 saturated carbocycles. The molecule has 7 heteroatoms. The van der Waals surface area contributed by atoms with Crippen molar-refractivity contribution < 1.29 is 18.0 Å². The fourth-order valence-electron chi connectivity index (χ4n) is 2.87. The molecule has 5 nitrogen and oxygen atoms in total. The average Bonchev–Trinajstić information content (AvgIpc) is 3.24. The first-order valence-electron chi connectivity index (χ1n) is 7.64. The van der Waals surface area contributed by atoms with E-state index in [1.807, 2.05) is 0 Å². The monoisotopic (exact) mass is 323 g/mol. The number of aromatic nitrogens is 1. The van der Waals surface area contributed by atoms with Gasteiger partial charge >= 0.3 is 6.55 Å². The van der Waals surface area contributed by atoms with E-state index >= 15 is 0 Å². The summed E-state index contributed by atoms with van der Waals surface area (Å²) in [6.07, 6.45) is 5.93. The predicted octanol–water partition coefficient (Wildman–Crippen LogP) is 2.87. The Morgan fingerprint density at radius 1 is 1.35 bits per heavy atom. The van der Waals surface area contributed by atoms with Crippen LogP contribution in [0.4, 0.5) is 8.78 Å². The maximum absolute atomic E-state index is 12.8. The number of piperidine rings is 1. The van der Waals surface area contributed by atoms with Gasteiger partial charge in [0.15, 0.2) is 0 Å². The van der Waals surface area contributed by atoms with E-state index in [2.05, 4.69) is 5.32 Å². The van der Waals surface area contributed by atoms with Crippen LogP contribution < -0.4 is 5.32 Å². The van der Waals surface area contributed by atoms with Crippen molar-refractivity contribution >= 4 is 5.91 Å². The standard InChI is InChI=1S/C16H19F2N3O2/c17-16(18)21-6-1-2-14(21)10-19-13-3-7-20(8-4-13)15(22)12-5-9-23-11-12/h1-2,5-6,9,11,13,16,19H,3-4,7-8,10H2. The second kappa shape index (κ2) is 6.95. The highest BCUT2D eigenvalue weighted by Gasteiger charge is 2.24. The summed E-state index contributed by atoms with van der Waals surface area (Å²) in [6.45, 7) is -0.816. The molecule has 2 aromatic heterocycles. The van der Waals surface area contributed by atoms with Crippen molar-refractivity contribution in [1.29, 1.82) is 0 Å². The van der Waals surface area contributed by atoms with E-state index in [1.54, 1.807) is 23.1 Å².